The molecule has 6 N–H and O–H groups in total. The summed E-state index contributed by atoms with van der Waals surface area (Å²) in [6.45, 7) is 0.647. The van der Waals surface area contributed by atoms with Crippen LogP contribution < -0.4 is 16.4 Å². The number of carbonyl (C=O) groups excluding carboxylic acids is 2. The third-order valence-electron chi connectivity index (χ3n) is 6.69. The van der Waals surface area contributed by atoms with E-state index in [-0.39, 0.29) is 36.1 Å². The number of imidazole rings is 1. The summed E-state index contributed by atoms with van der Waals surface area (Å²) in [5.41, 5.74) is 10.3. The van der Waals surface area contributed by atoms with Gasteiger partial charge in [0.2, 0.25) is 11.7 Å². The number of carboxylic acids is 1. The van der Waals surface area contributed by atoms with Crippen LogP contribution in [0.3, 0.4) is 0 Å². The normalized spacial score (nSPS) is 16.0. The average molecular weight is 537 g/mol. The minimum Gasteiger partial charge on any atom is -0.478 e. The Bertz CT molecular complexity index is 1640. The number of anilines is 1. The molecule has 1 unspecified atom stereocenters. The highest BCUT2D eigenvalue weighted by atomic mass is 16.4. The minimum atomic E-state index is -1.08. The van der Waals surface area contributed by atoms with Crippen molar-refractivity contribution in [2.75, 3.05) is 12.3 Å². The summed E-state index contributed by atoms with van der Waals surface area (Å²) in [6, 6.07) is 21.7. The number of hydrogen-bond acceptors (Lipinski definition) is 6. The zero-order valence-electron chi connectivity index (χ0n) is 21.6. The number of aromatic nitrogens is 2. The van der Waals surface area contributed by atoms with E-state index in [0.29, 0.717) is 30.1 Å². The number of hydrogen-bond donors (Lipinski definition) is 5. The lowest BCUT2D eigenvalue weighted by atomic mass is 9.84. The van der Waals surface area contributed by atoms with Gasteiger partial charge in [-0.1, -0.05) is 48.5 Å². The van der Waals surface area contributed by atoms with Crippen LogP contribution in [0.25, 0.3) is 16.6 Å². The first-order chi connectivity index (χ1) is 19.4. The van der Waals surface area contributed by atoms with Gasteiger partial charge in [-0.2, -0.15) is 0 Å². The second-order valence-corrected chi connectivity index (χ2v) is 9.47. The monoisotopic (exact) mass is 536 g/mol. The van der Waals surface area contributed by atoms with E-state index in [1.54, 1.807) is 18.3 Å². The van der Waals surface area contributed by atoms with E-state index in [9.17, 15) is 19.5 Å². The fourth-order valence-electron chi connectivity index (χ4n) is 4.65. The second kappa shape index (κ2) is 11.6. The van der Waals surface area contributed by atoms with Gasteiger partial charge in [-0.25, -0.2) is 9.78 Å². The molecule has 1 aromatic heterocycles. The Hall–Kier alpha value is -5.25. The first kappa shape index (κ1) is 26.4. The zero-order chi connectivity index (χ0) is 28.1. The number of nitrogens with one attached hydrogen (secondary N) is 3. The predicted molar refractivity (Wildman–Crippen MR) is 152 cm³/mol. The van der Waals surface area contributed by atoms with Crippen molar-refractivity contribution in [1.29, 1.82) is 0 Å². The van der Waals surface area contributed by atoms with Crippen LogP contribution in [0.5, 0.6) is 0 Å². The molecular formula is C30H28N6O4. The number of aromatic amines is 1. The van der Waals surface area contributed by atoms with Gasteiger partial charge in [0, 0.05) is 25.7 Å². The molecule has 1 aliphatic heterocycles. The Balaban J connectivity index is 1.34. The molecule has 0 radical (unpaired) electrons. The smallest absolute Gasteiger partial charge is 0.335 e. The molecule has 10 nitrogen and oxygen atoms in total. The minimum absolute atomic E-state index is 0.0891. The number of H-pyrrole nitrogens is 1. The first-order valence-corrected chi connectivity index (χ1v) is 12.8. The Kier molecular flexibility index (Phi) is 7.68. The molecule has 1 aliphatic rings. The van der Waals surface area contributed by atoms with E-state index in [0.717, 1.165) is 22.2 Å². The molecule has 0 bridgehead atoms. The molecule has 0 aliphatic carbocycles. The lowest BCUT2D eigenvalue weighted by molar-refractivity contribution is -0.125. The summed E-state index contributed by atoms with van der Waals surface area (Å²) in [6.07, 6.45) is 2.17. The molecule has 2 heterocycles. The van der Waals surface area contributed by atoms with Crippen molar-refractivity contribution in [1.82, 2.24) is 20.6 Å². The summed E-state index contributed by atoms with van der Waals surface area (Å²) < 4.78 is 0. The Morgan fingerprint density at radius 3 is 2.65 bits per heavy atom. The fourth-order valence-corrected chi connectivity index (χ4v) is 4.65. The number of carboxylic acid groups (broad SMARTS) is 1. The summed E-state index contributed by atoms with van der Waals surface area (Å²) in [7, 11) is 0. The van der Waals surface area contributed by atoms with Crippen molar-refractivity contribution in [3.05, 3.63) is 101 Å². The second-order valence-electron chi connectivity index (χ2n) is 9.47. The van der Waals surface area contributed by atoms with Crippen molar-refractivity contribution in [3.63, 3.8) is 0 Å². The number of amides is 1. The molecule has 4 aromatic rings. The van der Waals surface area contributed by atoms with Crippen molar-refractivity contribution < 1.29 is 19.5 Å². The van der Waals surface area contributed by atoms with Gasteiger partial charge in [-0.15, -0.1) is 0 Å². The van der Waals surface area contributed by atoms with E-state index in [1.807, 2.05) is 48.5 Å². The molecular weight excluding hydrogens is 508 g/mol. The van der Waals surface area contributed by atoms with E-state index in [2.05, 4.69) is 25.6 Å². The van der Waals surface area contributed by atoms with Crippen molar-refractivity contribution in [2.24, 2.45) is 10.9 Å². The van der Waals surface area contributed by atoms with Crippen LogP contribution in [0.2, 0.25) is 0 Å². The summed E-state index contributed by atoms with van der Waals surface area (Å²) in [5, 5.41) is 15.3. The SMILES string of the molecule is Nc1nc2ccc(CNC(=O)CC3C(=O)C(=NCCc4ccccc4)NC=C3c3cccc(C(=O)O)c3)cc2[nH]1. The maximum atomic E-state index is 13.6. The van der Waals surface area contributed by atoms with Gasteiger partial charge >= 0.3 is 5.97 Å². The Labute approximate surface area is 230 Å². The van der Waals surface area contributed by atoms with Crippen LogP contribution in [0.1, 0.15) is 33.5 Å². The fraction of sp³-hybridized carbons (Fsp3) is 0.167. The number of nitrogens with two attached hydrogens (primary N) is 1. The molecule has 40 heavy (non-hydrogen) atoms. The summed E-state index contributed by atoms with van der Waals surface area (Å²) >= 11 is 0. The highest BCUT2D eigenvalue weighted by Crippen LogP contribution is 2.30. The number of carbonyl (C=O) groups is 3. The largest absolute Gasteiger partial charge is 0.478 e. The molecule has 0 saturated carbocycles. The third-order valence-corrected chi connectivity index (χ3v) is 6.69. The summed E-state index contributed by atoms with van der Waals surface area (Å²) in [4.78, 5) is 49.8. The number of rotatable bonds is 9. The lowest BCUT2D eigenvalue weighted by Crippen LogP contribution is -2.40. The zero-order valence-corrected chi connectivity index (χ0v) is 21.6. The first-order valence-electron chi connectivity index (χ1n) is 12.8. The maximum absolute atomic E-state index is 13.6. The van der Waals surface area contributed by atoms with Crippen molar-refractivity contribution >= 4 is 46.1 Å². The van der Waals surface area contributed by atoms with Crippen LogP contribution in [0.15, 0.2) is 84.0 Å². The van der Waals surface area contributed by atoms with Gasteiger partial charge in [-0.3, -0.25) is 14.6 Å². The molecule has 0 spiro atoms. The number of ketones is 1. The number of nitrogens with zero attached hydrogens (tertiary/aromatic N) is 2. The molecule has 202 valence electrons. The summed E-state index contributed by atoms with van der Waals surface area (Å²) in [5.74, 6) is -2.08. The van der Waals surface area contributed by atoms with Crippen LogP contribution in [-0.2, 0) is 22.6 Å². The molecule has 1 amide bonds. The third kappa shape index (κ3) is 6.07. The van der Waals surface area contributed by atoms with Crippen molar-refractivity contribution in [2.45, 2.75) is 19.4 Å². The number of aromatic carboxylic acids is 1. The number of aliphatic imine (C=N–C) groups is 1. The maximum Gasteiger partial charge on any atom is 0.335 e. The topological polar surface area (TPSA) is 163 Å². The number of allylic oxidation sites excluding steroid dienone is 1. The number of amidine groups is 1. The van der Waals surface area contributed by atoms with Crippen LogP contribution in [-0.4, -0.2) is 45.1 Å². The van der Waals surface area contributed by atoms with Crippen LogP contribution in [0.4, 0.5) is 5.95 Å². The molecule has 5 rings (SSSR count). The number of nitrogen functional groups attached to an aromatic ring is 1. The highest BCUT2D eigenvalue weighted by molar-refractivity contribution is 6.43. The molecule has 1 atom stereocenters. The molecule has 10 heteroatoms. The molecule has 0 saturated heterocycles. The van der Waals surface area contributed by atoms with E-state index in [1.165, 1.54) is 12.1 Å². The van der Waals surface area contributed by atoms with Gasteiger partial charge in [-0.05, 0) is 52.9 Å². The van der Waals surface area contributed by atoms with Crippen LogP contribution in [0, 0.1) is 5.92 Å². The van der Waals surface area contributed by atoms with Gasteiger partial charge in [0.05, 0.1) is 22.5 Å². The number of Topliss-reactive ketones (excluding diaryl/α,β-unsaturated/α-hetero) is 1. The predicted octanol–water partition coefficient (Wildman–Crippen LogP) is 3.32. The van der Waals surface area contributed by atoms with E-state index < -0.39 is 11.9 Å². The van der Waals surface area contributed by atoms with Gasteiger partial charge < -0.3 is 26.5 Å². The van der Waals surface area contributed by atoms with Crippen LogP contribution >= 0.6 is 0 Å². The lowest BCUT2D eigenvalue weighted by Gasteiger charge is -2.25. The van der Waals surface area contributed by atoms with Crippen molar-refractivity contribution in [3.8, 4) is 0 Å². The number of benzene rings is 3. The molecule has 3 aromatic carbocycles. The highest BCUT2D eigenvalue weighted by Gasteiger charge is 2.33. The van der Waals surface area contributed by atoms with E-state index in [4.69, 9.17) is 5.73 Å². The Morgan fingerprint density at radius 2 is 1.85 bits per heavy atom. The Morgan fingerprint density at radius 1 is 1.02 bits per heavy atom. The number of fused-ring (bicyclic) bond motifs is 1. The standard InChI is InChI=1S/C30H28N6O4/c31-30-35-24-10-9-19(13-25(24)36-30)16-33-26(37)15-22-23(20-7-4-8-21(14-20)29(39)40)17-34-28(27(22)38)32-12-11-18-5-2-1-3-6-18/h1-10,13-14,17,22H,11-12,15-16H2,(H,32,34)(H,33,37)(H,39,40)(H3,31,35,36). The van der Waals surface area contributed by atoms with Gasteiger partial charge in [0.25, 0.3) is 0 Å². The van der Waals surface area contributed by atoms with Gasteiger partial charge in [0.15, 0.2) is 11.8 Å². The van der Waals surface area contributed by atoms with E-state index >= 15 is 0 Å². The average Bonchev–Trinajstić information content (AvgIpc) is 3.33. The van der Waals surface area contributed by atoms with Gasteiger partial charge in [0.1, 0.15) is 0 Å². The quantitative estimate of drug-likeness (QED) is 0.219. The molecule has 0 fully saturated rings.